The van der Waals surface area contributed by atoms with Crippen molar-refractivity contribution in [2.24, 2.45) is 5.92 Å². The number of para-hydroxylation sites is 1. The first-order valence-corrected chi connectivity index (χ1v) is 11.0. The Kier molecular flexibility index (Phi) is 5.37. The van der Waals surface area contributed by atoms with Crippen LogP contribution in [0.3, 0.4) is 0 Å². The number of hydrogen-bond donors (Lipinski definition) is 1. The van der Waals surface area contributed by atoms with Crippen LogP contribution in [0.25, 0.3) is 10.9 Å². The van der Waals surface area contributed by atoms with Crippen LogP contribution >= 0.6 is 0 Å². The van der Waals surface area contributed by atoms with Gasteiger partial charge in [-0.05, 0) is 68.5 Å². The fourth-order valence-electron chi connectivity index (χ4n) is 5.11. The summed E-state index contributed by atoms with van der Waals surface area (Å²) < 4.78 is 0. The molecule has 2 aromatic carbocycles. The molecule has 1 N–H and O–H groups in total. The van der Waals surface area contributed by atoms with Crippen molar-refractivity contribution < 1.29 is 0 Å². The maximum absolute atomic E-state index is 4.45. The van der Waals surface area contributed by atoms with Crippen LogP contribution in [-0.2, 0) is 6.42 Å². The van der Waals surface area contributed by atoms with Gasteiger partial charge in [0.25, 0.3) is 0 Å². The van der Waals surface area contributed by atoms with Gasteiger partial charge in [0, 0.05) is 34.6 Å². The molecule has 1 aliphatic rings. The van der Waals surface area contributed by atoms with Crippen molar-refractivity contribution in [3.63, 3.8) is 0 Å². The van der Waals surface area contributed by atoms with Crippen molar-refractivity contribution in [2.75, 3.05) is 13.1 Å². The molecular weight excluding hydrogens is 366 g/mol. The third-order valence-corrected chi connectivity index (χ3v) is 6.60. The Hall–Kier alpha value is -2.91. The van der Waals surface area contributed by atoms with Crippen LogP contribution in [-0.4, -0.2) is 28.0 Å². The summed E-state index contributed by atoms with van der Waals surface area (Å²) in [6.45, 7) is 4.45. The van der Waals surface area contributed by atoms with E-state index in [9.17, 15) is 0 Å². The quantitative estimate of drug-likeness (QED) is 0.455. The molecule has 1 saturated heterocycles. The molecule has 0 radical (unpaired) electrons. The molecule has 30 heavy (non-hydrogen) atoms. The van der Waals surface area contributed by atoms with Gasteiger partial charge in [0.1, 0.15) is 0 Å². The van der Waals surface area contributed by atoms with Crippen LogP contribution in [0, 0.1) is 12.8 Å². The number of nitrogens with one attached hydrogen (secondary N) is 1. The Labute approximate surface area is 178 Å². The maximum Gasteiger partial charge on any atom is 0.0640 e. The predicted octanol–water partition coefficient (Wildman–Crippen LogP) is 5.92. The zero-order chi connectivity index (χ0) is 20.3. The number of aryl methyl sites for hydroxylation is 1. The lowest BCUT2D eigenvalue weighted by Gasteiger charge is -2.38. The Morgan fingerprint density at radius 1 is 0.967 bits per heavy atom. The Morgan fingerprint density at radius 2 is 1.73 bits per heavy atom. The van der Waals surface area contributed by atoms with Crippen LogP contribution < -0.4 is 0 Å². The fraction of sp³-hybridized carbons (Fsp3) is 0.296. The van der Waals surface area contributed by atoms with Crippen LogP contribution in [0.2, 0.25) is 0 Å². The Balaban J connectivity index is 1.43. The highest BCUT2D eigenvalue weighted by atomic mass is 15.2. The van der Waals surface area contributed by atoms with E-state index in [-0.39, 0.29) is 6.04 Å². The highest BCUT2D eigenvalue weighted by molar-refractivity contribution is 5.85. The number of benzene rings is 2. The standard InChI is InChI=1S/C27H29N3/c1-20-26(24-11-5-6-12-25(24)29-20)27(23-10-7-15-28-19-23)30-16-13-22(14-17-30)18-21-8-3-2-4-9-21/h2-12,15,19,22,27,29H,13-14,16-18H2,1H3. The third kappa shape index (κ3) is 3.78. The molecule has 3 heterocycles. The molecular formula is C27H29N3. The van der Waals surface area contributed by atoms with Gasteiger partial charge in [0.2, 0.25) is 0 Å². The molecule has 5 rings (SSSR count). The second-order valence-electron chi connectivity index (χ2n) is 8.57. The monoisotopic (exact) mass is 395 g/mol. The largest absolute Gasteiger partial charge is 0.358 e. The molecule has 1 atom stereocenters. The van der Waals surface area contributed by atoms with E-state index in [4.69, 9.17) is 0 Å². The molecule has 0 spiro atoms. The number of piperidine rings is 1. The van der Waals surface area contributed by atoms with Crippen molar-refractivity contribution in [2.45, 2.75) is 32.2 Å². The van der Waals surface area contributed by atoms with E-state index in [1.807, 2.05) is 12.4 Å². The van der Waals surface area contributed by atoms with Crippen LogP contribution in [0.4, 0.5) is 0 Å². The normalized spacial score (nSPS) is 16.7. The summed E-state index contributed by atoms with van der Waals surface area (Å²) in [6, 6.07) is 24.2. The number of fused-ring (bicyclic) bond motifs is 1. The molecule has 152 valence electrons. The molecule has 1 fully saturated rings. The first-order chi connectivity index (χ1) is 14.8. The molecule has 0 bridgehead atoms. The number of rotatable bonds is 5. The van der Waals surface area contributed by atoms with Crippen molar-refractivity contribution in [1.29, 1.82) is 0 Å². The Morgan fingerprint density at radius 3 is 2.50 bits per heavy atom. The number of likely N-dealkylation sites (tertiary alicyclic amines) is 1. The lowest BCUT2D eigenvalue weighted by molar-refractivity contribution is 0.151. The van der Waals surface area contributed by atoms with Gasteiger partial charge in [0.15, 0.2) is 0 Å². The molecule has 0 aliphatic carbocycles. The van der Waals surface area contributed by atoms with Crippen molar-refractivity contribution in [3.05, 3.63) is 102 Å². The van der Waals surface area contributed by atoms with Gasteiger partial charge in [-0.15, -0.1) is 0 Å². The highest BCUT2D eigenvalue weighted by Gasteiger charge is 2.30. The maximum atomic E-state index is 4.45. The lowest BCUT2D eigenvalue weighted by Crippen LogP contribution is -2.38. The zero-order valence-corrected chi connectivity index (χ0v) is 17.6. The Bertz CT molecular complexity index is 1090. The van der Waals surface area contributed by atoms with Crippen molar-refractivity contribution in [1.82, 2.24) is 14.9 Å². The summed E-state index contributed by atoms with van der Waals surface area (Å²) in [6.07, 6.45) is 7.59. The third-order valence-electron chi connectivity index (χ3n) is 6.60. The first kappa shape index (κ1) is 19.1. The number of pyridine rings is 1. The van der Waals surface area contributed by atoms with E-state index < -0.39 is 0 Å². The minimum Gasteiger partial charge on any atom is -0.358 e. The molecule has 1 aliphatic heterocycles. The van der Waals surface area contributed by atoms with Crippen LogP contribution in [0.15, 0.2) is 79.1 Å². The molecule has 4 aromatic rings. The fourth-order valence-corrected chi connectivity index (χ4v) is 5.11. The SMILES string of the molecule is Cc1[nH]c2ccccc2c1C(c1cccnc1)N1CCC(Cc2ccccc2)CC1. The molecule has 1 unspecified atom stereocenters. The minimum absolute atomic E-state index is 0.243. The summed E-state index contributed by atoms with van der Waals surface area (Å²) in [4.78, 5) is 10.7. The molecule has 3 nitrogen and oxygen atoms in total. The number of hydrogen-bond acceptors (Lipinski definition) is 2. The topological polar surface area (TPSA) is 31.9 Å². The molecule has 0 amide bonds. The minimum atomic E-state index is 0.243. The van der Waals surface area contributed by atoms with Gasteiger partial charge in [0.05, 0.1) is 6.04 Å². The summed E-state index contributed by atoms with van der Waals surface area (Å²) in [7, 11) is 0. The van der Waals surface area contributed by atoms with Gasteiger partial charge in [-0.2, -0.15) is 0 Å². The summed E-state index contributed by atoms with van der Waals surface area (Å²) >= 11 is 0. The van der Waals surface area contributed by atoms with E-state index in [0.29, 0.717) is 0 Å². The van der Waals surface area contributed by atoms with E-state index in [2.05, 4.69) is 88.5 Å². The second kappa shape index (κ2) is 8.45. The van der Waals surface area contributed by atoms with Crippen molar-refractivity contribution in [3.8, 4) is 0 Å². The lowest BCUT2D eigenvalue weighted by atomic mass is 9.87. The van der Waals surface area contributed by atoms with Gasteiger partial charge in [-0.1, -0.05) is 54.6 Å². The first-order valence-electron chi connectivity index (χ1n) is 11.0. The van der Waals surface area contributed by atoms with Gasteiger partial charge >= 0.3 is 0 Å². The molecule has 0 saturated carbocycles. The van der Waals surface area contributed by atoms with Crippen LogP contribution in [0.1, 0.15) is 41.3 Å². The smallest absolute Gasteiger partial charge is 0.0640 e. The van der Waals surface area contributed by atoms with E-state index >= 15 is 0 Å². The predicted molar refractivity (Wildman–Crippen MR) is 124 cm³/mol. The summed E-state index contributed by atoms with van der Waals surface area (Å²) in [5.74, 6) is 0.766. The zero-order valence-electron chi connectivity index (χ0n) is 17.6. The van der Waals surface area contributed by atoms with Gasteiger partial charge < -0.3 is 4.98 Å². The van der Waals surface area contributed by atoms with Crippen molar-refractivity contribution >= 4 is 10.9 Å². The highest BCUT2D eigenvalue weighted by Crippen LogP contribution is 2.38. The number of nitrogens with zero attached hydrogens (tertiary/aromatic N) is 2. The van der Waals surface area contributed by atoms with Crippen LogP contribution in [0.5, 0.6) is 0 Å². The average Bonchev–Trinajstić information content (AvgIpc) is 3.12. The van der Waals surface area contributed by atoms with E-state index in [1.54, 1.807) is 0 Å². The average molecular weight is 396 g/mol. The number of aromatic amines is 1. The molecule has 3 heteroatoms. The summed E-state index contributed by atoms with van der Waals surface area (Å²) in [5.41, 5.74) is 6.63. The number of aromatic nitrogens is 2. The summed E-state index contributed by atoms with van der Waals surface area (Å²) in [5, 5.41) is 1.33. The van der Waals surface area contributed by atoms with E-state index in [1.165, 1.54) is 52.5 Å². The number of H-pyrrole nitrogens is 1. The van der Waals surface area contributed by atoms with Gasteiger partial charge in [-0.3, -0.25) is 9.88 Å². The van der Waals surface area contributed by atoms with E-state index in [0.717, 1.165) is 19.0 Å². The second-order valence-corrected chi connectivity index (χ2v) is 8.57. The van der Waals surface area contributed by atoms with Gasteiger partial charge in [-0.25, -0.2) is 0 Å². The molecule has 2 aromatic heterocycles.